The van der Waals surface area contributed by atoms with Crippen LogP contribution in [0.1, 0.15) is 29.8 Å². The standard InChI is InChI=1S/C25H34N2O5/c1-18(13-27(19(2)16-28)25(29)21-8-6-5-7-9-21)24(30-4)15-26(3)14-20-10-11-22-23(12-20)32-17-31-22/h5-12,18-19,24,28H,13-17H2,1-4H3/t18-,19+,24+/m1/s1. The SMILES string of the molecule is CO[C@@H](CN(C)Cc1ccc2c(c1)OCO2)[C@H](C)CN(C(=O)c1ccccc1)[C@@H](C)CO. The third kappa shape index (κ3) is 6.00. The Balaban J connectivity index is 1.62. The molecule has 0 radical (unpaired) electrons. The molecular weight excluding hydrogens is 408 g/mol. The van der Waals surface area contributed by atoms with Gasteiger partial charge in [-0.15, -0.1) is 0 Å². The summed E-state index contributed by atoms with van der Waals surface area (Å²) in [7, 11) is 3.75. The van der Waals surface area contributed by atoms with E-state index in [1.807, 2.05) is 50.4 Å². The van der Waals surface area contributed by atoms with Gasteiger partial charge in [-0.2, -0.15) is 0 Å². The number of likely N-dealkylation sites (N-methyl/N-ethyl adjacent to an activating group) is 1. The van der Waals surface area contributed by atoms with E-state index in [-0.39, 0.29) is 37.4 Å². The van der Waals surface area contributed by atoms with E-state index in [0.717, 1.165) is 23.6 Å². The van der Waals surface area contributed by atoms with Crippen molar-refractivity contribution in [3.05, 3.63) is 59.7 Å². The molecule has 0 aliphatic carbocycles. The molecule has 1 N–H and O–H groups in total. The van der Waals surface area contributed by atoms with E-state index in [1.54, 1.807) is 24.1 Å². The van der Waals surface area contributed by atoms with Gasteiger partial charge in [-0.25, -0.2) is 0 Å². The first-order chi connectivity index (χ1) is 15.4. The smallest absolute Gasteiger partial charge is 0.254 e. The maximum absolute atomic E-state index is 13.1. The van der Waals surface area contributed by atoms with E-state index in [2.05, 4.69) is 11.8 Å². The fourth-order valence-electron chi connectivity index (χ4n) is 3.95. The highest BCUT2D eigenvalue weighted by molar-refractivity contribution is 5.94. The number of hydrogen-bond donors (Lipinski definition) is 1. The molecule has 2 aromatic rings. The molecule has 1 aliphatic rings. The van der Waals surface area contributed by atoms with E-state index >= 15 is 0 Å². The van der Waals surface area contributed by atoms with E-state index in [9.17, 15) is 9.90 Å². The molecule has 1 heterocycles. The molecule has 174 valence electrons. The number of fused-ring (bicyclic) bond motifs is 1. The fraction of sp³-hybridized carbons (Fsp3) is 0.480. The molecule has 7 nitrogen and oxygen atoms in total. The molecule has 32 heavy (non-hydrogen) atoms. The van der Waals surface area contributed by atoms with Crippen LogP contribution in [0.15, 0.2) is 48.5 Å². The number of hydrogen-bond acceptors (Lipinski definition) is 6. The summed E-state index contributed by atoms with van der Waals surface area (Å²) >= 11 is 0. The quantitative estimate of drug-likeness (QED) is 0.577. The number of ether oxygens (including phenoxy) is 3. The number of aliphatic hydroxyl groups excluding tert-OH is 1. The van der Waals surface area contributed by atoms with Crippen molar-refractivity contribution in [2.24, 2.45) is 5.92 Å². The molecule has 1 amide bonds. The topological polar surface area (TPSA) is 71.5 Å². The minimum atomic E-state index is -0.283. The summed E-state index contributed by atoms with van der Waals surface area (Å²) in [4.78, 5) is 17.0. The average Bonchev–Trinajstić information content (AvgIpc) is 3.28. The molecule has 2 aromatic carbocycles. The van der Waals surface area contributed by atoms with Gasteiger partial charge in [0.1, 0.15) is 0 Å². The summed E-state index contributed by atoms with van der Waals surface area (Å²) in [6, 6.07) is 14.9. The van der Waals surface area contributed by atoms with Crippen molar-refractivity contribution >= 4 is 5.91 Å². The van der Waals surface area contributed by atoms with Crippen molar-refractivity contribution in [2.75, 3.05) is 40.6 Å². The van der Waals surface area contributed by atoms with Gasteiger partial charge < -0.3 is 24.2 Å². The highest BCUT2D eigenvalue weighted by atomic mass is 16.7. The number of methoxy groups -OCH3 is 1. The lowest BCUT2D eigenvalue weighted by molar-refractivity contribution is 0.0106. The van der Waals surface area contributed by atoms with Crippen LogP contribution in [-0.4, -0.2) is 73.6 Å². The Morgan fingerprint density at radius 1 is 1.09 bits per heavy atom. The molecule has 0 aromatic heterocycles. The summed E-state index contributed by atoms with van der Waals surface area (Å²) in [6.07, 6.45) is -0.0778. The zero-order chi connectivity index (χ0) is 23.1. The molecule has 0 unspecified atom stereocenters. The first-order valence-electron chi connectivity index (χ1n) is 11.0. The molecule has 1 aliphatic heterocycles. The van der Waals surface area contributed by atoms with Crippen LogP contribution < -0.4 is 9.47 Å². The number of rotatable bonds is 11. The lowest BCUT2D eigenvalue weighted by atomic mass is 10.0. The largest absolute Gasteiger partial charge is 0.454 e. The van der Waals surface area contributed by atoms with E-state index < -0.39 is 0 Å². The number of nitrogens with zero attached hydrogens (tertiary/aromatic N) is 2. The van der Waals surface area contributed by atoms with Gasteiger partial charge in [0.2, 0.25) is 6.79 Å². The molecule has 7 heteroatoms. The number of carbonyl (C=O) groups excluding carboxylic acids is 1. The van der Waals surface area contributed by atoms with Gasteiger partial charge in [0, 0.05) is 38.2 Å². The Kier molecular flexibility index (Phi) is 8.50. The second-order valence-corrected chi connectivity index (χ2v) is 8.49. The van der Waals surface area contributed by atoms with Crippen molar-refractivity contribution in [1.82, 2.24) is 9.80 Å². The molecule has 3 rings (SSSR count). The van der Waals surface area contributed by atoms with Crippen LogP contribution in [0.5, 0.6) is 11.5 Å². The predicted molar refractivity (Wildman–Crippen MR) is 123 cm³/mol. The third-order valence-corrected chi connectivity index (χ3v) is 5.88. The Morgan fingerprint density at radius 3 is 2.50 bits per heavy atom. The highest BCUT2D eigenvalue weighted by Crippen LogP contribution is 2.32. The van der Waals surface area contributed by atoms with Crippen molar-refractivity contribution < 1.29 is 24.1 Å². The second-order valence-electron chi connectivity index (χ2n) is 8.49. The van der Waals surface area contributed by atoms with Crippen LogP contribution in [0.2, 0.25) is 0 Å². The molecule has 0 fully saturated rings. The van der Waals surface area contributed by atoms with Crippen LogP contribution in [0.3, 0.4) is 0 Å². The maximum atomic E-state index is 13.1. The Bertz CT molecular complexity index is 876. The van der Waals surface area contributed by atoms with Crippen molar-refractivity contribution in [2.45, 2.75) is 32.5 Å². The van der Waals surface area contributed by atoms with Crippen LogP contribution in [0.25, 0.3) is 0 Å². The second kappa shape index (κ2) is 11.3. The Hall–Kier alpha value is -2.61. The van der Waals surface area contributed by atoms with Gasteiger partial charge in [0.05, 0.1) is 18.8 Å². The van der Waals surface area contributed by atoms with Gasteiger partial charge in [-0.1, -0.05) is 31.2 Å². The lowest BCUT2D eigenvalue weighted by Gasteiger charge is -2.34. The monoisotopic (exact) mass is 442 g/mol. The van der Waals surface area contributed by atoms with Crippen LogP contribution in [0, 0.1) is 5.92 Å². The van der Waals surface area contributed by atoms with Gasteiger partial charge in [0.15, 0.2) is 11.5 Å². The number of benzene rings is 2. The molecule has 0 saturated heterocycles. The van der Waals surface area contributed by atoms with Gasteiger partial charge >= 0.3 is 0 Å². The highest BCUT2D eigenvalue weighted by Gasteiger charge is 2.27. The summed E-state index contributed by atoms with van der Waals surface area (Å²) in [6.45, 7) is 6.05. The lowest BCUT2D eigenvalue weighted by Crippen LogP contribution is -2.47. The summed E-state index contributed by atoms with van der Waals surface area (Å²) in [5.41, 5.74) is 1.75. The minimum Gasteiger partial charge on any atom is -0.454 e. The summed E-state index contributed by atoms with van der Waals surface area (Å²) in [5.74, 6) is 1.55. The summed E-state index contributed by atoms with van der Waals surface area (Å²) in [5, 5.41) is 9.73. The van der Waals surface area contributed by atoms with Crippen LogP contribution in [-0.2, 0) is 11.3 Å². The number of amides is 1. The zero-order valence-electron chi connectivity index (χ0n) is 19.4. The Labute approximate surface area is 190 Å². The summed E-state index contributed by atoms with van der Waals surface area (Å²) < 4.78 is 16.7. The first kappa shape index (κ1) is 24.0. The molecule has 0 saturated carbocycles. The molecule has 3 atom stereocenters. The molecule has 0 bridgehead atoms. The van der Waals surface area contributed by atoms with Crippen LogP contribution in [0.4, 0.5) is 0 Å². The number of carbonyl (C=O) groups is 1. The molecule has 0 spiro atoms. The van der Waals surface area contributed by atoms with Gasteiger partial charge in [-0.05, 0) is 43.8 Å². The molecular formula is C25H34N2O5. The van der Waals surface area contributed by atoms with Gasteiger partial charge in [0.25, 0.3) is 5.91 Å². The van der Waals surface area contributed by atoms with E-state index in [4.69, 9.17) is 14.2 Å². The Morgan fingerprint density at radius 2 is 1.81 bits per heavy atom. The van der Waals surface area contributed by atoms with Crippen molar-refractivity contribution in [3.8, 4) is 11.5 Å². The van der Waals surface area contributed by atoms with E-state index in [0.29, 0.717) is 18.7 Å². The fourth-order valence-corrected chi connectivity index (χ4v) is 3.95. The van der Waals surface area contributed by atoms with Crippen molar-refractivity contribution in [1.29, 1.82) is 0 Å². The minimum absolute atomic E-state index is 0.0702. The van der Waals surface area contributed by atoms with Gasteiger partial charge in [-0.3, -0.25) is 9.69 Å². The van der Waals surface area contributed by atoms with E-state index in [1.165, 1.54) is 0 Å². The zero-order valence-corrected chi connectivity index (χ0v) is 19.4. The maximum Gasteiger partial charge on any atom is 0.254 e. The van der Waals surface area contributed by atoms with Crippen LogP contribution >= 0.6 is 0 Å². The average molecular weight is 443 g/mol. The van der Waals surface area contributed by atoms with Crippen molar-refractivity contribution in [3.63, 3.8) is 0 Å². The normalized spacial score (nSPS) is 15.4. The number of aliphatic hydroxyl groups is 1. The third-order valence-electron chi connectivity index (χ3n) is 5.88. The first-order valence-corrected chi connectivity index (χ1v) is 11.0. The predicted octanol–water partition coefficient (Wildman–Crippen LogP) is 3.02.